The number of ether oxygens (including phenoxy) is 1. The molecule has 2 rings (SSSR count). The zero-order valence-electron chi connectivity index (χ0n) is 10.00. The Hall–Kier alpha value is -1.95. The highest BCUT2D eigenvalue weighted by Crippen LogP contribution is 2.26. The van der Waals surface area contributed by atoms with E-state index < -0.39 is 11.6 Å². The summed E-state index contributed by atoms with van der Waals surface area (Å²) in [7, 11) is 0. The number of carboxylic acid groups (broad SMARTS) is 1. The van der Waals surface area contributed by atoms with Crippen LogP contribution < -0.4 is 0 Å². The molecule has 1 aromatic heterocycles. The van der Waals surface area contributed by atoms with Gasteiger partial charge in [-0.25, -0.2) is 4.79 Å². The molecule has 6 nitrogen and oxygen atoms in total. The van der Waals surface area contributed by atoms with E-state index in [2.05, 4.69) is 4.98 Å². The van der Waals surface area contributed by atoms with Crippen LogP contribution in [0.15, 0.2) is 24.5 Å². The van der Waals surface area contributed by atoms with Crippen molar-refractivity contribution in [2.24, 2.45) is 0 Å². The molecule has 1 aromatic rings. The number of pyridine rings is 1. The van der Waals surface area contributed by atoms with Crippen molar-refractivity contribution in [3.05, 3.63) is 30.1 Å². The van der Waals surface area contributed by atoms with Gasteiger partial charge in [-0.05, 0) is 19.1 Å². The average Bonchev–Trinajstić information content (AvgIpc) is 2.33. The van der Waals surface area contributed by atoms with Crippen molar-refractivity contribution in [1.29, 1.82) is 0 Å². The van der Waals surface area contributed by atoms with Crippen LogP contribution in [-0.2, 0) is 9.53 Å². The highest BCUT2D eigenvalue weighted by Gasteiger charge is 2.42. The molecule has 1 aliphatic heterocycles. The molecule has 1 aliphatic rings. The number of carboxylic acids is 1. The van der Waals surface area contributed by atoms with E-state index in [0.29, 0.717) is 18.7 Å². The Morgan fingerprint density at radius 2 is 2.06 bits per heavy atom. The first-order chi connectivity index (χ1) is 8.50. The average molecular weight is 250 g/mol. The first kappa shape index (κ1) is 12.5. The smallest absolute Gasteiger partial charge is 0.329 e. The first-order valence-corrected chi connectivity index (χ1v) is 5.55. The van der Waals surface area contributed by atoms with Gasteiger partial charge >= 0.3 is 5.97 Å². The number of hydrogen-bond acceptors (Lipinski definition) is 4. The topological polar surface area (TPSA) is 79.7 Å². The largest absolute Gasteiger partial charge is 0.480 e. The normalized spacial score (nSPS) is 17.1. The van der Waals surface area contributed by atoms with Gasteiger partial charge in [0.25, 0.3) is 5.91 Å². The third-order valence-electron chi connectivity index (χ3n) is 2.81. The van der Waals surface area contributed by atoms with Crippen LogP contribution in [0.4, 0.5) is 0 Å². The monoisotopic (exact) mass is 250 g/mol. The van der Waals surface area contributed by atoms with Crippen LogP contribution >= 0.6 is 0 Å². The number of aliphatic carboxylic acids is 1. The fourth-order valence-electron chi connectivity index (χ4n) is 1.91. The van der Waals surface area contributed by atoms with Gasteiger partial charge in [0.05, 0.1) is 13.1 Å². The fraction of sp³-hybridized carbons (Fsp3) is 0.417. The predicted molar refractivity (Wildman–Crippen MR) is 62.1 cm³/mol. The van der Waals surface area contributed by atoms with Gasteiger partial charge in [-0.15, -0.1) is 0 Å². The standard InChI is InChI=1S/C12H14N2O4/c1-12(18-6-10(15)16)7-14(8-12)11(17)9-2-4-13-5-3-9/h2-5H,6-8H2,1H3,(H,15,16). The fourth-order valence-corrected chi connectivity index (χ4v) is 1.91. The number of amides is 1. The summed E-state index contributed by atoms with van der Waals surface area (Å²) in [4.78, 5) is 27.9. The van der Waals surface area contributed by atoms with Crippen LogP contribution in [-0.4, -0.2) is 52.2 Å². The lowest BCUT2D eigenvalue weighted by Gasteiger charge is -2.47. The minimum atomic E-state index is -1.00. The van der Waals surface area contributed by atoms with Crippen molar-refractivity contribution in [3.63, 3.8) is 0 Å². The van der Waals surface area contributed by atoms with Gasteiger partial charge in [-0.3, -0.25) is 9.78 Å². The van der Waals surface area contributed by atoms with Crippen molar-refractivity contribution >= 4 is 11.9 Å². The van der Waals surface area contributed by atoms with Crippen LogP contribution in [0.3, 0.4) is 0 Å². The highest BCUT2D eigenvalue weighted by molar-refractivity contribution is 5.94. The maximum absolute atomic E-state index is 12.0. The van der Waals surface area contributed by atoms with Gasteiger partial charge < -0.3 is 14.7 Å². The van der Waals surface area contributed by atoms with Crippen molar-refractivity contribution < 1.29 is 19.4 Å². The second kappa shape index (κ2) is 4.73. The maximum Gasteiger partial charge on any atom is 0.329 e. The third kappa shape index (κ3) is 2.65. The molecule has 96 valence electrons. The maximum atomic E-state index is 12.0. The molecule has 1 N–H and O–H groups in total. The second-order valence-corrected chi connectivity index (χ2v) is 4.53. The summed E-state index contributed by atoms with van der Waals surface area (Å²) in [6.45, 7) is 2.27. The Balaban J connectivity index is 1.89. The molecule has 0 aliphatic carbocycles. The molecule has 2 heterocycles. The van der Waals surface area contributed by atoms with E-state index in [1.807, 2.05) is 0 Å². The van der Waals surface area contributed by atoms with Crippen molar-refractivity contribution in [2.45, 2.75) is 12.5 Å². The first-order valence-electron chi connectivity index (χ1n) is 5.55. The van der Waals surface area contributed by atoms with Gasteiger partial charge in [0.1, 0.15) is 12.2 Å². The number of carbonyl (C=O) groups excluding carboxylic acids is 1. The molecule has 1 saturated heterocycles. The molecule has 0 saturated carbocycles. The Kier molecular flexibility index (Phi) is 3.29. The summed E-state index contributed by atoms with van der Waals surface area (Å²) < 4.78 is 5.24. The van der Waals surface area contributed by atoms with E-state index in [1.54, 1.807) is 36.4 Å². The number of nitrogens with zero attached hydrogens (tertiary/aromatic N) is 2. The molecule has 0 aromatic carbocycles. The van der Waals surface area contributed by atoms with E-state index in [1.165, 1.54) is 0 Å². The molecule has 0 radical (unpaired) electrons. The van der Waals surface area contributed by atoms with E-state index in [0.717, 1.165) is 0 Å². The van der Waals surface area contributed by atoms with Gasteiger partial charge in [-0.1, -0.05) is 0 Å². The lowest BCUT2D eigenvalue weighted by molar-refractivity contribution is -0.159. The SMILES string of the molecule is CC1(OCC(=O)O)CN(C(=O)c2ccncc2)C1. The van der Waals surface area contributed by atoms with E-state index in [9.17, 15) is 9.59 Å². The zero-order valence-corrected chi connectivity index (χ0v) is 10.00. The quantitative estimate of drug-likeness (QED) is 0.836. The van der Waals surface area contributed by atoms with E-state index >= 15 is 0 Å². The summed E-state index contributed by atoms with van der Waals surface area (Å²) in [5.41, 5.74) is 0.0199. The van der Waals surface area contributed by atoms with Crippen LogP contribution in [0, 0.1) is 0 Å². The van der Waals surface area contributed by atoms with E-state index in [4.69, 9.17) is 9.84 Å². The Morgan fingerprint density at radius 3 is 2.61 bits per heavy atom. The predicted octanol–water partition coefficient (Wildman–Crippen LogP) is 0.397. The van der Waals surface area contributed by atoms with Crippen LogP contribution in [0.25, 0.3) is 0 Å². The number of carbonyl (C=O) groups is 2. The molecule has 0 bridgehead atoms. The lowest BCUT2D eigenvalue weighted by atomic mass is 9.95. The molecule has 0 spiro atoms. The summed E-state index contributed by atoms with van der Waals surface area (Å²) in [6, 6.07) is 3.30. The Morgan fingerprint density at radius 1 is 1.44 bits per heavy atom. The molecule has 18 heavy (non-hydrogen) atoms. The summed E-state index contributed by atoms with van der Waals surface area (Å²) >= 11 is 0. The molecule has 0 atom stereocenters. The van der Waals surface area contributed by atoms with E-state index in [-0.39, 0.29) is 12.5 Å². The molecule has 6 heteroatoms. The summed E-state index contributed by atoms with van der Waals surface area (Å²) in [6.07, 6.45) is 3.13. The summed E-state index contributed by atoms with van der Waals surface area (Å²) in [5, 5.41) is 8.54. The number of likely N-dealkylation sites (tertiary alicyclic amines) is 1. The minimum Gasteiger partial charge on any atom is -0.480 e. The highest BCUT2D eigenvalue weighted by atomic mass is 16.5. The van der Waals surface area contributed by atoms with Crippen LogP contribution in [0.5, 0.6) is 0 Å². The van der Waals surface area contributed by atoms with Gasteiger partial charge in [0.15, 0.2) is 0 Å². The van der Waals surface area contributed by atoms with Gasteiger partial charge in [0.2, 0.25) is 0 Å². The zero-order chi connectivity index (χ0) is 13.2. The Bertz CT molecular complexity index is 454. The number of hydrogen-bond donors (Lipinski definition) is 1. The minimum absolute atomic E-state index is 0.0891. The number of rotatable bonds is 4. The molecule has 1 fully saturated rings. The third-order valence-corrected chi connectivity index (χ3v) is 2.81. The lowest BCUT2D eigenvalue weighted by Crippen LogP contribution is -2.63. The van der Waals surface area contributed by atoms with Crippen LogP contribution in [0.1, 0.15) is 17.3 Å². The van der Waals surface area contributed by atoms with Crippen molar-refractivity contribution in [2.75, 3.05) is 19.7 Å². The molecular formula is C12H14N2O4. The second-order valence-electron chi connectivity index (χ2n) is 4.53. The van der Waals surface area contributed by atoms with Crippen molar-refractivity contribution in [3.8, 4) is 0 Å². The van der Waals surface area contributed by atoms with Crippen LogP contribution in [0.2, 0.25) is 0 Å². The molecule has 0 unspecified atom stereocenters. The Labute approximate surface area is 104 Å². The number of aromatic nitrogens is 1. The summed E-state index contributed by atoms with van der Waals surface area (Å²) in [5.74, 6) is -1.09. The van der Waals surface area contributed by atoms with Gasteiger partial charge in [0, 0.05) is 18.0 Å². The molecule has 1 amide bonds. The van der Waals surface area contributed by atoms with Gasteiger partial charge in [-0.2, -0.15) is 0 Å². The van der Waals surface area contributed by atoms with Crippen molar-refractivity contribution in [1.82, 2.24) is 9.88 Å². The molecular weight excluding hydrogens is 236 g/mol.